The number of nitrogens with zero attached hydrogens (tertiary/aromatic N) is 3. The Morgan fingerprint density at radius 3 is 2.40 bits per heavy atom. The number of halogens is 5. The number of fused-ring (bicyclic) bond motifs is 2. The molecule has 2 fully saturated rings. The molecule has 2 bridgehead atoms. The van der Waals surface area contributed by atoms with Gasteiger partial charge in [0, 0.05) is 29.4 Å². The summed E-state index contributed by atoms with van der Waals surface area (Å²) in [5.41, 5.74) is -0.965. The van der Waals surface area contributed by atoms with Crippen molar-refractivity contribution in [2.75, 3.05) is 11.9 Å². The lowest BCUT2D eigenvalue weighted by Gasteiger charge is -2.22. The summed E-state index contributed by atoms with van der Waals surface area (Å²) < 4.78 is 71.8. The van der Waals surface area contributed by atoms with E-state index in [2.05, 4.69) is 15.3 Å². The highest BCUT2D eigenvalue weighted by Gasteiger charge is 2.44. The monoisotopic (exact) mass is 518 g/mol. The molecule has 2 saturated heterocycles. The molecule has 35 heavy (non-hydrogen) atoms. The molecule has 1 atom stereocenters. The maximum atomic E-state index is 14.0. The second-order valence-electron chi connectivity index (χ2n) is 8.46. The summed E-state index contributed by atoms with van der Waals surface area (Å²) in [4.78, 5) is 35.5. The molecule has 0 radical (unpaired) electrons. The Balaban J connectivity index is 1.77. The van der Waals surface area contributed by atoms with Crippen LogP contribution < -0.4 is 5.32 Å². The van der Waals surface area contributed by atoms with E-state index in [1.165, 1.54) is 0 Å². The molecule has 2 aliphatic rings. The zero-order valence-electron chi connectivity index (χ0n) is 18.9. The summed E-state index contributed by atoms with van der Waals surface area (Å²) in [5, 5.41) is 1.89. The lowest BCUT2D eigenvalue weighted by Crippen LogP contribution is -2.35. The molecular weight excluding hydrogens is 495 g/mol. The Labute approximate surface area is 201 Å². The fourth-order valence-corrected chi connectivity index (χ4v) is 5.50. The molecule has 13 heteroatoms. The Morgan fingerprint density at radius 2 is 1.86 bits per heavy atom. The molecule has 2 aliphatic heterocycles. The first kappa shape index (κ1) is 25.3. The predicted octanol–water partition coefficient (Wildman–Crippen LogP) is 5.45. The van der Waals surface area contributed by atoms with Gasteiger partial charge < -0.3 is 15.0 Å². The van der Waals surface area contributed by atoms with Crippen LogP contribution in [-0.2, 0) is 4.74 Å². The van der Waals surface area contributed by atoms with Crippen LogP contribution in [0.1, 0.15) is 71.8 Å². The number of alkyl halides is 5. The minimum Gasteiger partial charge on any atom is -0.461 e. The van der Waals surface area contributed by atoms with Crippen molar-refractivity contribution < 1.29 is 36.3 Å². The molecule has 1 N–H and O–H groups in total. The Bertz CT molecular complexity index is 1100. The van der Waals surface area contributed by atoms with Crippen LogP contribution in [0, 0.1) is 0 Å². The maximum Gasteiger partial charge on any atom is 0.408 e. The second-order valence-corrected chi connectivity index (χ2v) is 9.46. The van der Waals surface area contributed by atoms with Gasteiger partial charge in [0.25, 0.3) is 12.3 Å². The number of aromatic nitrogens is 2. The molecular formula is C22H23F5N4O3S. The van der Waals surface area contributed by atoms with Crippen LogP contribution in [0.2, 0.25) is 0 Å². The van der Waals surface area contributed by atoms with E-state index in [-0.39, 0.29) is 39.8 Å². The third-order valence-corrected chi connectivity index (χ3v) is 7.31. The summed E-state index contributed by atoms with van der Waals surface area (Å²) in [6, 6.07) is -1.15. The van der Waals surface area contributed by atoms with Crippen molar-refractivity contribution in [1.82, 2.24) is 14.9 Å². The van der Waals surface area contributed by atoms with Crippen molar-refractivity contribution >= 4 is 29.0 Å². The van der Waals surface area contributed by atoms with Crippen LogP contribution >= 0.6 is 11.3 Å². The molecule has 1 unspecified atom stereocenters. The van der Waals surface area contributed by atoms with E-state index < -0.39 is 41.9 Å². The van der Waals surface area contributed by atoms with Crippen molar-refractivity contribution in [2.24, 2.45) is 0 Å². The third-order valence-electron chi connectivity index (χ3n) is 6.24. The lowest BCUT2D eigenvalue weighted by atomic mass is 10.0. The van der Waals surface area contributed by atoms with E-state index in [0.29, 0.717) is 0 Å². The fraction of sp³-hybridized carbons (Fsp3) is 0.545. The van der Waals surface area contributed by atoms with Crippen molar-refractivity contribution in [2.45, 2.75) is 70.3 Å². The first-order valence-corrected chi connectivity index (χ1v) is 11.9. The number of amides is 1. The number of rotatable bonds is 7. The van der Waals surface area contributed by atoms with Crippen LogP contribution in [0.5, 0.6) is 0 Å². The van der Waals surface area contributed by atoms with Gasteiger partial charge in [-0.05, 0) is 45.6 Å². The molecule has 4 heterocycles. The number of esters is 1. The smallest absolute Gasteiger partial charge is 0.408 e. The number of nitrogens with one attached hydrogen (secondary N) is 1. The molecule has 0 aromatic carbocycles. The Hall–Kier alpha value is -2.83. The number of ether oxygens (including phenoxy) is 1. The molecule has 7 nitrogen and oxygen atoms in total. The first-order valence-electron chi connectivity index (χ1n) is 11.1. The Morgan fingerprint density at radius 1 is 1.23 bits per heavy atom. The number of anilines is 1. The van der Waals surface area contributed by atoms with Crippen LogP contribution in [0.4, 0.5) is 27.8 Å². The van der Waals surface area contributed by atoms with E-state index in [4.69, 9.17) is 4.74 Å². The van der Waals surface area contributed by atoms with Gasteiger partial charge in [0.15, 0.2) is 0 Å². The van der Waals surface area contributed by atoms with E-state index in [1.54, 1.807) is 11.8 Å². The molecule has 0 aliphatic carbocycles. The molecule has 2 aromatic heterocycles. The van der Waals surface area contributed by atoms with Crippen molar-refractivity contribution in [3.8, 4) is 10.4 Å². The van der Waals surface area contributed by atoms with Gasteiger partial charge in [0.2, 0.25) is 5.01 Å². The van der Waals surface area contributed by atoms with E-state index >= 15 is 0 Å². The van der Waals surface area contributed by atoms with Crippen LogP contribution in [-0.4, -0.2) is 57.7 Å². The number of thiazole rings is 1. The Kier molecular flexibility index (Phi) is 6.98. The number of hydrogen-bond donors (Lipinski definition) is 1. The molecule has 0 saturated carbocycles. The van der Waals surface area contributed by atoms with Gasteiger partial charge in [-0.1, -0.05) is 0 Å². The largest absolute Gasteiger partial charge is 0.461 e. The number of hydrogen-bond acceptors (Lipinski definition) is 7. The topological polar surface area (TPSA) is 84.4 Å². The number of pyridine rings is 1. The van der Waals surface area contributed by atoms with Crippen LogP contribution in [0.3, 0.4) is 0 Å². The van der Waals surface area contributed by atoms with Crippen molar-refractivity contribution in [3.05, 3.63) is 28.5 Å². The molecule has 0 spiro atoms. The summed E-state index contributed by atoms with van der Waals surface area (Å²) in [6.45, 7) is 2.48. The summed E-state index contributed by atoms with van der Waals surface area (Å²) >= 11 is 0.719. The second kappa shape index (κ2) is 9.67. The van der Waals surface area contributed by atoms with Gasteiger partial charge in [-0.2, -0.15) is 13.2 Å². The van der Waals surface area contributed by atoms with E-state index in [0.717, 1.165) is 56.2 Å². The van der Waals surface area contributed by atoms with Gasteiger partial charge in [-0.15, -0.1) is 11.3 Å². The highest BCUT2D eigenvalue weighted by Crippen LogP contribution is 2.42. The SMILES string of the molecule is CCOC(=O)c1nc(C(=O)N2C3CCC2CC3)c(-c2cnc(NC(C)C(F)(F)F)cc2C(F)F)s1. The van der Waals surface area contributed by atoms with E-state index in [1.807, 2.05) is 0 Å². The minimum absolute atomic E-state index is 0.00238. The van der Waals surface area contributed by atoms with Crippen LogP contribution in [0.15, 0.2) is 12.3 Å². The zero-order valence-corrected chi connectivity index (χ0v) is 19.7. The van der Waals surface area contributed by atoms with E-state index in [9.17, 15) is 31.5 Å². The standard InChI is InChI=1S/C22H23F5N4O3S/c1-3-34-21(33)19-30-16(20(32)31-11-4-5-12(31)7-6-11)17(35-19)14-9-28-15(8-13(14)18(23)24)29-10(2)22(25,26)27/h8-12,18H,3-7H2,1-2H3,(H,28,29). The highest BCUT2D eigenvalue weighted by atomic mass is 32.1. The third kappa shape index (κ3) is 4.95. The summed E-state index contributed by atoms with van der Waals surface area (Å²) in [7, 11) is 0. The fourth-order valence-electron chi connectivity index (χ4n) is 4.52. The van der Waals surface area contributed by atoms with Crippen molar-refractivity contribution in [3.63, 3.8) is 0 Å². The number of carbonyl (C=O) groups excluding carboxylic acids is 2. The zero-order chi connectivity index (χ0) is 25.5. The summed E-state index contributed by atoms with van der Waals surface area (Å²) in [6.07, 6.45) is -3.37. The average Bonchev–Trinajstić information content (AvgIpc) is 3.52. The van der Waals surface area contributed by atoms with Gasteiger partial charge in [0.05, 0.1) is 11.5 Å². The predicted molar refractivity (Wildman–Crippen MR) is 118 cm³/mol. The maximum absolute atomic E-state index is 14.0. The number of carbonyl (C=O) groups is 2. The van der Waals surface area contributed by atoms with Crippen molar-refractivity contribution in [1.29, 1.82) is 0 Å². The molecule has 4 rings (SSSR count). The first-order chi connectivity index (χ1) is 16.5. The summed E-state index contributed by atoms with van der Waals surface area (Å²) in [5.74, 6) is -1.66. The molecule has 190 valence electrons. The quantitative estimate of drug-likeness (QED) is 0.388. The molecule has 2 aromatic rings. The van der Waals surface area contributed by atoms with Gasteiger partial charge in [-0.25, -0.2) is 23.5 Å². The average molecular weight is 519 g/mol. The normalized spacial score (nSPS) is 20.4. The lowest BCUT2D eigenvalue weighted by molar-refractivity contribution is -0.138. The molecule has 1 amide bonds. The highest BCUT2D eigenvalue weighted by molar-refractivity contribution is 7.17. The van der Waals surface area contributed by atoms with Crippen LogP contribution in [0.25, 0.3) is 10.4 Å². The van der Waals surface area contributed by atoms with Gasteiger partial charge >= 0.3 is 12.1 Å². The minimum atomic E-state index is -4.60. The van der Waals surface area contributed by atoms with Gasteiger partial charge in [0.1, 0.15) is 17.6 Å². The van der Waals surface area contributed by atoms with Gasteiger partial charge in [-0.3, -0.25) is 4.79 Å².